The number of benzene rings is 2. The second kappa shape index (κ2) is 5.53. The third-order valence-corrected chi connectivity index (χ3v) is 3.96. The molecule has 3 rings (SSSR count). The zero-order valence-electron chi connectivity index (χ0n) is 12.6. The van der Waals surface area contributed by atoms with Gasteiger partial charge >= 0.3 is 0 Å². The highest BCUT2D eigenvalue weighted by molar-refractivity contribution is 6.20. The normalized spacial score (nSPS) is 12.8. The van der Waals surface area contributed by atoms with E-state index in [-0.39, 0.29) is 5.38 Å². The molecule has 2 nitrogen and oxygen atoms in total. The van der Waals surface area contributed by atoms with Gasteiger partial charge in [-0.3, -0.25) is 4.57 Å². The molecule has 1 unspecified atom stereocenters. The largest absolute Gasteiger partial charge is 0.295 e. The Kier molecular flexibility index (Phi) is 3.73. The Morgan fingerprint density at radius 1 is 1.19 bits per heavy atom. The first-order valence-electron chi connectivity index (χ1n) is 7.32. The quantitative estimate of drug-likeness (QED) is 0.608. The fourth-order valence-electron chi connectivity index (χ4n) is 2.66. The molecule has 0 N–H and O–H groups in total. The van der Waals surface area contributed by atoms with Gasteiger partial charge in [-0.25, -0.2) is 4.98 Å². The Hall–Kier alpha value is -1.80. The van der Waals surface area contributed by atoms with Crippen LogP contribution in [0, 0.1) is 6.92 Å². The maximum atomic E-state index is 6.36. The average Bonchev–Trinajstić information content (AvgIpc) is 2.86. The number of aromatic nitrogens is 2. The van der Waals surface area contributed by atoms with E-state index in [1.165, 1.54) is 11.1 Å². The van der Waals surface area contributed by atoms with Crippen LogP contribution >= 0.6 is 11.6 Å². The molecule has 21 heavy (non-hydrogen) atoms. The molecule has 0 aliphatic heterocycles. The molecule has 1 aromatic heterocycles. The fraction of sp³-hybridized carbons (Fsp3) is 0.278. The lowest BCUT2D eigenvalue weighted by Gasteiger charge is -2.11. The number of rotatable bonds is 3. The van der Waals surface area contributed by atoms with Crippen molar-refractivity contribution in [2.45, 2.75) is 32.6 Å². The molecule has 0 bridgehead atoms. The summed E-state index contributed by atoms with van der Waals surface area (Å²) in [7, 11) is 0. The molecule has 0 saturated carbocycles. The van der Waals surface area contributed by atoms with Crippen LogP contribution in [-0.2, 0) is 6.42 Å². The molecule has 0 amide bonds. The van der Waals surface area contributed by atoms with Gasteiger partial charge in [0.15, 0.2) is 0 Å². The first-order chi connectivity index (χ1) is 10.1. The van der Waals surface area contributed by atoms with E-state index < -0.39 is 0 Å². The zero-order valence-corrected chi connectivity index (χ0v) is 13.4. The molecule has 0 aliphatic rings. The van der Waals surface area contributed by atoms with Gasteiger partial charge in [0, 0.05) is 5.69 Å². The van der Waals surface area contributed by atoms with Gasteiger partial charge in [-0.15, -0.1) is 11.6 Å². The van der Waals surface area contributed by atoms with Crippen LogP contribution < -0.4 is 0 Å². The number of halogens is 1. The molecule has 108 valence electrons. The molecule has 3 aromatic rings. The van der Waals surface area contributed by atoms with Crippen LogP contribution in [0.1, 0.15) is 36.2 Å². The average molecular weight is 299 g/mol. The van der Waals surface area contributed by atoms with Gasteiger partial charge in [0.1, 0.15) is 5.82 Å². The summed E-state index contributed by atoms with van der Waals surface area (Å²) in [4.78, 5) is 4.74. The Morgan fingerprint density at radius 2 is 2.00 bits per heavy atom. The van der Waals surface area contributed by atoms with Crippen LogP contribution in [0.25, 0.3) is 16.7 Å². The molecule has 0 saturated heterocycles. The second-order valence-corrected chi connectivity index (χ2v) is 6.09. The highest BCUT2D eigenvalue weighted by atomic mass is 35.5. The van der Waals surface area contributed by atoms with E-state index in [4.69, 9.17) is 16.6 Å². The van der Waals surface area contributed by atoms with Crippen LogP contribution in [0.4, 0.5) is 0 Å². The lowest BCUT2D eigenvalue weighted by Crippen LogP contribution is -2.02. The van der Waals surface area contributed by atoms with Crippen LogP contribution in [0.5, 0.6) is 0 Å². The summed E-state index contributed by atoms with van der Waals surface area (Å²) in [6.07, 6.45) is 1.02. The highest BCUT2D eigenvalue weighted by Gasteiger charge is 2.16. The molecule has 0 fully saturated rings. The Morgan fingerprint density at radius 3 is 2.71 bits per heavy atom. The van der Waals surface area contributed by atoms with Crippen molar-refractivity contribution in [2.24, 2.45) is 0 Å². The van der Waals surface area contributed by atoms with E-state index in [9.17, 15) is 0 Å². The summed E-state index contributed by atoms with van der Waals surface area (Å²) in [6, 6.07) is 14.9. The molecule has 1 atom stereocenters. The van der Waals surface area contributed by atoms with E-state index >= 15 is 0 Å². The van der Waals surface area contributed by atoms with Crippen molar-refractivity contribution in [1.29, 1.82) is 0 Å². The molecule has 2 aromatic carbocycles. The maximum absolute atomic E-state index is 6.36. The van der Waals surface area contributed by atoms with Crippen molar-refractivity contribution < 1.29 is 0 Å². The van der Waals surface area contributed by atoms with Crippen molar-refractivity contribution in [3.63, 3.8) is 0 Å². The van der Waals surface area contributed by atoms with E-state index in [2.05, 4.69) is 60.9 Å². The first kappa shape index (κ1) is 14.2. The van der Waals surface area contributed by atoms with E-state index in [0.717, 1.165) is 29.0 Å². The number of nitrogens with zero attached hydrogens (tertiary/aromatic N) is 2. The maximum Gasteiger partial charge on any atom is 0.132 e. The lowest BCUT2D eigenvalue weighted by atomic mass is 10.1. The molecular weight excluding hydrogens is 280 g/mol. The standard InChI is InChI=1S/C18H19ClN2/c1-4-14-6-5-7-15(11-14)21-17-9-8-12(2)10-16(17)20-18(21)13(3)19/h5-11,13H,4H2,1-3H3. The van der Waals surface area contributed by atoms with Gasteiger partial charge in [0.05, 0.1) is 16.4 Å². The summed E-state index contributed by atoms with van der Waals surface area (Å²) in [5.74, 6) is 0.894. The minimum atomic E-state index is -0.136. The molecule has 0 aliphatic carbocycles. The number of aryl methyl sites for hydroxylation is 2. The summed E-state index contributed by atoms with van der Waals surface area (Å²) in [5, 5.41) is -0.136. The SMILES string of the molecule is CCc1cccc(-n2c(C(C)Cl)nc3cc(C)ccc32)c1. The number of fused-ring (bicyclic) bond motifs is 1. The highest BCUT2D eigenvalue weighted by Crippen LogP contribution is 2.29. The fourth-order valence-corrected chi connectivity index (χ4v) is 2.81. The van der Waals surface area contributed by atoms with Gasteiger partial charge < -0.3 is 0 Å². The van der Waals surface area contributed by atoms with Gasteiger partial charge in [0.2, 0.25) is 0 Å². The van der Waals surface area contributed by atoms with Crippen LogP contribution in [0.2, 0.25) is 0 Å². The minimum Gasteiger partial charge on any atom is -0.295 e. The Balaban J connectivity index is 2.30. The smallest absolute Gasteiger partial charge is 0.132 e. The molecule has 0 spiro atoms. The lowest BCUT2D eigenvalue weighted by molar-refractivity contribution is 0.881. The van der Waals surface area contributed by atoms with Gasteiger partial charge in [-0.1, -0.05) is 25.1 Å². The topological polar surface area (TPSA) is 17.8 Å². The van der Waals surface area contributed by atoms with E-state index in [1.807, 2.05) is 6.92 Å². The first-order valence-corrected chi connectivity index (χ1v) is 7.76. The van der Waals surface area contributed by atoms with Crippen LogP contribution in [0.3, 0.4) is 0 Å². The predicted molar refractivity (Wildman–Crippen MR) is 89.5 cm³/mol. The van der Waals surface area contributed by atoms with Gasteiger partial charge in [-0.2, -0.15) is 0 Å². The van der Waals surface area contributed by atoms with Crippen molar-refractivity contribution in [1.82, 2.24) is 9.55 Å². The van der Waals surface area contributed by atoms with Crippen molar-refractivity contribution in [2.75, 3.05) is 0 Å². The molecule has 1 heterocycles. The summed E-state index contributed by atoms with van der Waals surface area (Å²) in [5.41, 5.74) is 5.76. The Bertz CT molecular complexity index is 787. The van der Waals surface area contributed by atoms with Crippen molar-refractivity contribution in [3.8, 4) is 5.69 Å². The summed E-state index contributed by atoms with van der Waals surface area (Å²) >= 11 is 6.36. The molecular formula is C18H19ClN2. The zero-order chi connectivity index (χ0) is 15.0. The predicted octanol–water partition coefficient (Wildman–Crippen LogP) is 5.20. The second-order valence-electron chi connectivity index (χ2n) is 5.44. The number of hydrogen-bond acceptors (Lipinski definition) is 1. The molecule has 0 radical (unpaired) electrons. The molecule has 3 heteroatoms. The van der Waals surface area contributed by atoms with Crippen molar-refractivity contribution in [3.05, 3.63) is 59.4 Å². The third kappa shape index (κ3) is 2.56. The third-order valence-electron chi connectivity index (χ3n) is 3.77. The minimum absolute atomic E-state index is 0.136. The van der Waals surface area contributed by atoms with Gasteiger partial charge in [-0.05, 0) is 55.7 Å². The number of imidazole rings is 1. The number of hydrogen-bond donors (Lipinski definition) is 0. The summed E-state index contributed by atoms with van der Waals surface area (Å²) < 4.78 is 2.17. The van der Waals surface area contributed by atoms with E-state index in [0.29, 0.717) is 0 Å². The monoisotopic (exact) mass is 298 g/mol. The van der Waals surface area contributed by atoms with E-state index in [1.54, 1.807) is 0 Å². The van der Waals surface area contributed by atoms with Gasteiger partial charge in [0.25, 0.3) is 0 Å². The van der Waals surface area contributed by atoms with Crippen molar-refractivity contribution >= 4 is 22.6 Å². The summed E-state index contributed by atoms with van der Waals surface area (Å²) in [6.45, 7) is 6.22. The number of alkyl halides is 1. The van der Waals surface area contributed by atoms with Crippen LogP contribution in [-0.4, -0.2) is 9.55 Å². The van der Waals surface area contributed by atoms with Crippen LogP contribution in [0.15, 0.2) is 42.5 Å². The Labute approximate surface area is 130 Å².